The maximum atomic E-state index is 15.1. The second-order valence-electron chi connectivity index (χ2n) is 21.0. The van der Waals surface area contributed by atoms with Crippen LogP contribution in [0.25, 0.3) is 21.7 Å². The third kappa shape index (κ3) is 23.3. The van der Waals surface area contributed by atoms with Crippen molar-refractivity contribution in [2.75, 3.05) is 31.1 Å². The average molecular weight is 1270 g/mol. The first-order valence-corrected chi connectivity index (χ1v) is 30.1. The number of primary amides is 1. The summed E-state index contributed by atoms with van der Waals surface area (Å²) < 4.78 is 0. The van der Waals surface area contributed by atoms with Gasteiger partial charge in [-0.3, -0.25) is 57.9 Å². The molecule has 0 unspecified atom stereocenters. The molecule has 480 valence electrons. The van der Waals surface area contributed by atoms with E-state index >= 15 is 9.59 Å². The van der Waals surface area contributed by atoms with Gasteiger partial charge in [-0.25, -0.2) is 4.98 Å². The predicted molar refractivity (Wildman–Crippen MR) is 342 cm³/mol. The third-order valence-corrected chi connectivity index (χ3v) is 14.8. The van der Waals surface area contributed by atoms with Crippen LogP contribution in [0.2, 0.25) is 0 Å². The average Bonchev–Trinajstić information content (AvgIpc) is 2.12. The van der Waals surface area contributed by atoms with Crippen molar-refractivity contribution < 1.29 is 47.9 Å². The minimum absolute atomic E-state index is 0.0140. The van der Waals surface area contributed by atoms with Gasteiger partial charge in [0.2, 0.25) is 59.1 Å². The molecule has 31 heteroatoms. The summed E-state index contributed by atoms with van der Waals surface area (Å²) in [4.78, 5) is 156. The van der Waals surface area contributed by atoms with Gasteiger partial charge in [0.1, 0.15) is 48.3 Å². The van der Waals surface area contributed by atoms with Gasteiger partial charge in [0.25, 0.3) is 0 Å². The van der Waals surface area contributed by atoms with Crippen LogP contribution in [0, 0.1) is 0 Å². The molecule has 2 heterocycles. The Balaban J connectivity index is 1.50. The third-order valence-electron chi connectivity index (χ3n) is 14.0. The number of carbonyl (C=O) groups is 10. The smallest absolute Gasteiger partial charge is 0.244 e. The van der Waals surface area contributed by atoms with E-state index in [1.807, 2.05) is 61.5 Å². The molecule has 0 fully saturated rings. The van der Waals surface area contributed by atoms with E-state index in [1.54, 1.807) is 18.3 Å². The highest BCUT2D eigenvalue weighted by atomic mass is 32.1. The van der Waals surface area contributed by atoms with Gasteiger partial charge in [-0.1, -0.05) is 80.4 Å². The summed E-state index contributed by atoms with van der Waals surface area (Å²) in [5, 5.41) is 26.3. The van der Waals surface area contributed by atoms with E-state index < -0.39 is 114 Å². The van der Waals surface area contributed by atoms with E-state index in [0.717, 1.165) is 21.7 Å². The van der Waals surface area contributed by atoms with Crippen molar-refractivity contribution >= 4 is 118 Å². The van der Waals surface area contributed by atoms with E-state index in [1.165, 1.54) is 19.4 Å². The first-order valence-electron chi connectivity index (χ1n) is 28.9. The lowest BCUT2D eigenvalue weighted by atomic mass is 9.99. The molecule has 0 aliphatic rings. The van der Waals surface area contributed by atoms with Gasteiger partial charge in [-0.05, 0) is 60.1 Å². The molecule has 5 aromatic rings. The normalized spacial score (nSPS) is 13.7. The van der Waals surface area contributed by atoms with Crippen molar-refractivity contribution in [1.29, 1.82) is 0 Å². The van der Waals surface area contributed by atoms with Crippen LogP contribution in [0.3, 0.4) is 0 Å². The van der Waals surface area contributed by atoms with Crippen LogP contribution in [0.1, 0.15) is 75.6 Å². The number of benzene rings is 3. The van der Waals surface area contributed by atoms with Crippen LogP contribution in [-0.2, 0) is 67.2 Å². The van der Waals surface area contributed by atoms with Crippen molar-refractivity contribution in [1.82, 2.24) is 62.8 Å². The molecule has 0 aliphatic heterocycles. The number of nitrogens with one attached hydrogen (secondary N) is 11. The van der Waals surface area contributed by atoms with E-state index in [-0.39, 0.29) is 87.9 Å². The number of amides is 10. The van der Waals surface area contributed by atoms with E-state index in [4.69, 9.17) is 28.7 Å². The zero-order valence-corrected chi connectivity index (χ0v) is 51.3. The lowest BCUT2D eigenvalue weighted by molar-refractivity contribution is -0.135. The van der Waals surface area contributed by atoms with Crippen LogP contribution in [-0.4, -0.2) is 165 Å². The van der Waals surface area contributed by atoms with Gasteiger partial charge in [0.05, 0.1) is 12.9 Å². The quantitative estimate of drug-likeness (QED) is 0.00863. The molecule has 8 atom stereocenters. The number of unbranched alkanes of at least 4 members (excludes halogenated alkanes) is 1. The summed E-state index contributed by atoms with van der Waals surface area (Å²) >= 11 is 8.25. The van der Waals surface area contributed by atoms with Gasteiger partial charge < -0.3 is 86.5 Å². The van der Waals surface area contributed by atoms with Crippen LogP contribution in [0.15, 0.2) is 95.4 Å². The van der Waals surface area contributed by atoms with Crippen molar-refractivity contribution in [3.05, 3.63) is 102 Å². The molecule has 21 N–H and O–H groups in total. The number of hydrogen-bond donors (Lipinski definition) is 18. The second-order valence-corrected chi connectivity index (χ2v) is 21.7. The van der Waals surface area contributed by atoms with Gasteiger partial charge >= 0.3 is 0 Å². The molecule has 3 aromatic carbocycles. The number of guanidine groups is 2. The lowest BCUT2D eigenvalue weighted by Crippen LogP contribution is -2.61. The Bertz CT molecular complexity index is 3300. The first-order chi connectivity index (χ1) is 42.6. The molecule has 0 aliphatic carbocycles. The fourth-order valence-electron chi connectivity index (χ4n) is 9.40. The number of H-pyrrole nitrogens is 2. The molecule has 5 rings (SSSR count). The van der Waals surface area contributed by atoms with Crippen molar-refractivity contribution in [2.24, 2.45) is 38.7 Å². The van der Waals surface area contributed by atoms with Crippen LogP contribution in [0.4, 0.5) is 0 Å². The zero-order valence-electron chi connectivity index (χ0n) is 49.5. The first kappa shape index (κ1) is 70.4. The monoisotopic (exact) mass is 1270 g/mol. The van der Waals surface area contributed by atoms with Crippen LogP contribution >= 0.6 is 25.3 Å². The standard InChI is InChI=1S/C58H81N19O10S2/c1-3-4-14-40(74-56(87)47(30-89)70-32(2)78)51(82)72-41(16-9-20-65-57(60)61)53(84)77-45(25-37-27-64-31-69-37)55(86)75-43(23-33-18-19-34-11-5-6-12-35(34)22-33)54(85)73-42(17-10-21-66-58(62)63)52(83)76-44(24-36-26-67-39-15-8-7-13-38(36)39)50(81)68-28-48(79)71-46(29-88)49(59)80/h5-8,11-13,15,18-19,22,26-27,31,40-47,67,88-89H,3-4,9-10,14,16-17,20-21,23-25,28-30H2,1-2H3,(H2,59,80)(H,64,69)(H,68,81)(H,70,78)(H,71,79)(H,72,82)(H,73,85)(H,74,87)(H,75,86)(H,76,83)(H,77,84)(H4,60,61,65)(H4,62,63,66)/t40-,41-,42-,43+,44-,45-,46-,47-/m0/s1. The summed E-state index contributed by atoms with van der Waals surface area (Å²) in [5.74, 6) is -8.44. The Morgan fingerprint density at radius 3 is 1.57 bits per heavy atom. The number of nitrogens with two attached hydrogens (primary N) is 5. The highest BCUT2D eigenvalue weighted by Crippen LogP contribution is 2.21. The number of thiol groups is 2. The Morgan fingerprint density at radius 2 is 1.04 bits per heavy atom. The molecule has 0 saturated carbocycles. The Morgan fingerprint density at radius 1 is 0.539 bits per heavy atom. The SMILES string of the molecule is CCCC[C@H](NC(=O)[C@H](CS)NC(C)=O)C(=O)N[C@@H](CCCN=C(N)N)C(=O)N[C@@H](Cc1cnc[nH]1)C(=O)N[C@H](Cc1ccc2ccccc2c1)C(=O)N[C@@H](CCCN=C(N)N)C(=O)N[C@@H](Cc1c[nH]c2ccccc12)C(=O)NCC(=O)N[C@@H](CS)C(N)=O. The molecular weight excluding hydrogens is 1190 g/mol. The summed E-state index contributed by atoms with van der Waals surface area (Å²) in [6.07, 6.45) is 5.30. The molecule has 0 spiro atoms. The topological polar surface area (TPSA) is 478 Å². The minimum Gasteiger partial charge on any atom is -0.370 e. The lowest BCUT2D eigenvalue weighted by Gasteiger charge is -2.28. The number of carbonyl (C=O) groups excluding carboxylic acids is 10. The van der Waals surface area contributed by atoms with Crippen molar-refractivity contribution in [2.45, 2.75) is 126 Å². The number of imidazole rings is 1. The highest BCUT2D eigenvalue weighted by Gasteiger charge is 2.35. The number of para-hydroxylation sites is 1. The fraction of sp³-hybridized carbons (Fsp3) is 0.431. The number of aromatic amines is 2. The predicted octanol–water partition coefficient (Wildman–Crippen LogP) is -2.27. The zero-order chi connectivity index (χ0) is 65.0. The molecule has 0 saturated heterocycles. The van der Waals surface area contributed by atoms with Gasteiger partial charge in [-0.2, -0.15) is 25.3 Å². The maximum Gasteiger partial charge on any atom is 0.244 e. The number of hydrogen-bond acceptors (Lipinski definition) is 15. The molecule has 0 radical (unpaired) electrons. The van der Waals surface area contributed by atoms with Gasteiger partial charge in [0, 0.05) is 79.8 Å². The summed E-state index contributed by atoms with van der Waals surface area (Å²) in [7, 11) is 0. The van der Waals surface area contributed by atoms with Gasteiger partial charge in [0.15, 0.2) is 11.9 Å². The number of rotatable bonds is 37. The van der Waals surface area contributed by atoms with Crippen LogP contribution < -0.4 is 76.5 Å². The molecule has 29 nitrogen and oxygen atoms in total. The Labute approximate surface area is 524 Å². The summed E-state index contributed by atoms with van der Waals surface area (Å²) in [5.41, 5.74) is 30.1. The van der Waals surface area contributed by atoms with Gasteiger partial charge in [-0.15, -0.1) is 0 Å². The number of aromatic nitrogens is 3. The van der Waals surface area contributed by atoms with Crippen LogP contribution in [0.5, 0.6) is 0 Å². The minimum atomic E-state index is -1.49. The van der Waals surface area contributed by atoms with Crippen molar-refractivity contribution in [3.63, 3.8) is 0 Å². The maximum absolute atomic E-state index is 15.1. The molecule has 2 aromatic heterocycles. The second kappa shape index (κ2) is 36.0. The highest BCUT2D eigenvalue weighted by molar-refractivity contribution is 7.80. The number of fused-ring (bicyclic) bond motifs is 2. The summed E-state index contributed by atoms with van der Waals surface area (Å²) in [6.45, 7) is 2.55. The fourth-order valence-corrected chi connectivity index (χ4v) is 9.93. The van der Waals surface area contributed by atoms with E-state index in [9.17, 15) is 38.4 Å². The molecule has 89 heavy (non-hydrogen) atoms. The molecular formula is C58H81N19O10S2. The Kier molecular flexibility index (Phi) is 28.5. The van der Waals surface area contributed by atoms with Crippen molar-refractivity contribution in [3.8, 4) is 0 Å². The summed E-state index contributed by atoms with van der Waals surface area (Å²) in [6, 6.07) is 9.57. The van der Waals surface area contributed by atoms with E-state index in [2.05, 4.69) is 98.0 Å². The number of aliphatic imine (C=N–C) groups is 2. The Hall–Kier alpha value is -9.39. The largest absolute Gasteiger partial charge is 0.370 e. The molecule has 0 bridgehead atoms. The molecule has 10 amide bonds. The number of nitrogens with zero attached hydrogens (tertiary/aromatic N) is 3. The van der Waals surface area contributed by atoms with E-state index in [0.29, 0.717) is 29.7 Å².